The molecular weight excluding hydrogens is 252 g/mol. The second-order valence-electron chi connectivity index (χ2n) is 5.07. The second kappa shape index (κ2) is 6.23. The van der Waals surface area contributed by atoms with E-state index in [9.17, 15) is 0 Å². The van der Waals surface area contributed by atoms with Crippen LogP contribution in [-0.4, -0.2) is 20.6 Å². The zero-order chi connectivity index (χ0) is 14.5. The van der Waals surface area contributed by atoms with Crippen LogP contribution < -0.4 is 5.73 Å². The number of aromatic nitrogens is 2. The first-order valence-electron chi connectivity index (χ1n) is 6.67. The molecule has 0 fully saturated rings. The normalized spacial score (nSPS) is 13.7. The number of oxime groups is 1. The fourth-order valence-electron chi connectivity index (χ4n) is 2.33. The molecule has 1 aromatic carbocycles. The molecule has 1 aromatic heterocycles. The Morgan fingerprint density at radius 3 is 2.65 bits per heavy atom. The van der Waals surface area contributed by atoms with E-state index in [1.165, 1.54) is 0 Å². The maximum atomic E-state index is 8.84. The van der Waals surface area contributed by atoms with Gasteiger partial charge in [0.05, 0.1) is 6.04 Å². The number of hydrogen-bond acceptors (Lipinski definition) is 3. The number of hydrogen-bond donors (Lipinski definition) is 2. The summed E-state index contributed by atoms with van der Waals surface area (Å²) in [5, 5.41) is 11.9. The summed E-state index contributed by atoms with van der Waals surface area (Å²) in [6.07, 6.45) is 4.17. The van der Waals surface area contributed by atoms with Gasteiger partial charge in [-0.1, -0.05) is 49.3 Å². The van der Waals surface area contributed by atoms with Crippen LogP contribution in [0.25, 0.3) is 0 Å². The zero-order valence-electron chi connectivity index (χ0n) is 11.8. The number of imidazole rings is 1. The Labute approximate surface area is 118 Å². The maximum Gasteiger partial charge on any atom is 0.141 e. The van der Waals surface area contributed by atoms with Gasteiger partial charge in [0.2, 0.25) is 0 Å². The van der Waals surface area contributed by atoms with Crippen LogP contribution in [0.3, 0.4) is 0 Å². The van der Waals surface area contributed by atoms with Crippen molar-refractivity contribution in [2.75, 3.05) is 0 Å². The van der Waals surface area contributed by atoms with Crippen molar-refractivity contribution >= 4 is 5.84 Å². The Balaban J connectivity index is 2.43. The quantitative estimate of drug-likeness (QED) is 0.380. The highest BCUT2D eigenvalue weighted by Crippen LogP contribution is 2.26. The van der Waals surface area contributed by atoms with E-state index in [-0.39, 0.29) is 11.9 Å². The molecule has 0 bridgehead atoms. The molecule has 0 aliphatic carbocycles. The predicted molar refractivity (Wildman–Crippen MR) is 78.9 cm³/mol. The standard InChI is InChI=1S/C15H20N4O/c1-11(2)15-17-8-9-19(15)13(10-14(16)18-20)12-6-4-3-5-7-12/h3-9,11,13,20H,10H2,1-2H3,(H2,16,18). The largest absolute Gasteiger partial charge is 0.409 e. The van der Waals surface area contributed by atoms with E-state index >= 15 is 0 Å². The average molecular weight is 272 g/mol. The summed E-state index contributed by atoms with van der Waals surface area (Å²) >= 11 is 0. The molecule has 0 aliphatic rings. The number of benzene rings is 1. The van der Waals surface area contributed by atoms with Crippen LogP contribution >= 0.6 is 0 Å². The van der Waals surface area contributed by atoms with Gasteiger partial charge in [-0.25, -0.2) is 4.98 Å². The minimum Gasteiger partial charge on any atom is -0.409 e. The first-order chi connectivity index (χ1) is 9.63. The Morgan fingerprint density at radius 2 is 2.05 bits per heavy atom. The summed E-state index contributed by atoms with van der Waals surface area (Å²) in [5.74, 6) is 1.51. The topological polar surface area (TPSA) is 76.4 Å². The molecule has 106 valence electrons. The molecule has 0 aliphatic heterocycles. The van der Waals surface area contributed by atoms with Crippen molar-refractivity contribution in [3.63, 3.8) is 0 Å². The molecule has 0 amide bonds. The van der Waals surface area contributed by atoms with Gasteiger partial charge in [0.25, 0.3) is 0 Å². The van der Waals surface area contributed by atoms with Crippen molar-refractivity contribution < 1.29 is 5.21 Å². The third kappa shape index (κ3) is 2.99. The van der Waals surface area contributed by atoms with Crippen LogP contribution in [0.4, 0.5) is 0 Å². The molecule has 0 saturated heterocycles. The molecule has 0 radical (unpaired) electrons. The molecule has 2 rings (SSSR count). The molecule has 2 aromatic rings. The molecule has 3 N–H and O–H groups in total. The van der Waals surface area contributed by atoms with Crippen molar-refractivity contribution in [2.45, 2.75) is 32.2 Å². The molecule has 1 heterocycles. The van der Waals surface area contributed by atoms with Gasteiger partial charge < -0.3 is 15.5 Å². The lowest BCUT2D eigenvalue weighted by Gasteiger charge is -2.22. The van der Waals surface area contributed by atoms with E-state index in [1.807, 2.05) is 36.5 Å². The lowest BCUT2D eigenvalue weighted by molar-refractivity contribution is 0.315. The lowest BCUT2D eigenvalue weighted by Crippen LogP contribution is -2.22. The van der Waals surface area contributed by atoms with Crippen molar-refractivity contribution in [2.24, 2.45) is 10.9 Å². The SMILES string of the molecule is CC(C)c1nccn1C(CC(N)=NO)c1ccccc1. The Morgan fingerprint density at radius 1 is 1.35 bits per heavy atom. The van der Waals surface area contributed by atoms with Crippen LogP contribution in [0.5, 0.6) is 0 Å². The van der Waals surface area contributed by atoms with Gasteiger partial charge in [0, 0.05) is 24.7 Å². The second-order valence-corrected chi connectivity index (χ2v) is 5.07. The van der Waals surface area contributed by atoms with Crippen molar-refractivity contribution in [1.29, 1.82) is 0 Å². The summed E-state index contributed by atoms with van der Waals surface area (Å²) in [4.78, 5) is 4.41. The lowest BCUT2D eigenvalue weighted by atomic mass is 10.0. The van der Waals surface area contributed by atoms with Gasteiger partial charge in [-0.05, 0) is 5.56 Å². The molecule has 1 unspecified atom stereocenters. The summed E-state index contributed by atoms with van der Waals surface area (Å²) in [7, 11) is 0. The fourth-order valence-corrected chi connectivity index (χ4v) is 2.33. The van der Waals surface area contributed by atoms with Gasteiger partial charge in [-0.15, -0.1) is 0 Å². The molecular formula is C15H20N4O. The van der Waals surface area contributed by atoms with Crippen LogP contribution in [0.15, 0.2) is 47.9 Å². The first kappa shape index (κ1) is 14.1. The number of nitrogens with two attached hydrogens (primary N) is 1. The average Bonchev–Trinajstić information content (AvgIpc) is 2.94. The minimum atomic E-state index is -0.0213. The Kier molecular flexibility index (Phi) is 4.40. The number of rotatable bonds is 5. The molecule has 0 saturated carbocycles. The van der Waals surface area contributed by atoms with Crippen LogP contribution in [0, 0.1) is 0 Å². The smallest absolute Gasteiger partial charge is 0.141 e. The summed E-state index contributed by atoms with van der Waals surface area (Å²) in [6, 6.07) is 10.0. The highest BCUT2D eigenvalue weighted by molar-refractivity contribution is 5.80. The van der Waals surface area contributed by atoms with Gasteiger partial charge in [-0.2, -0.15) is 0 Å². The highest BCUT2D eigenvalue weighted by Gasteiger charge is 2.19. The van der Waals surface area contributed by atoms with Crippen molar-refractivity contribution in [3.05, 3.63) is 54.1 Å². The fraction of sp³-hybridized carbons (Fsp3) is 0.333. The van der Waals surface area contributed by atoms with Crippen LogP contribution in [0.2, 0.25) is 0 Å². The molecule has 5 heteroatoms. The van der Waals surface area contributed by atoms with Gasteiger partial charge in [0.1, 0.15) is 11.7 Å². The zero-order valence-corrected chi connectivity index (χ0v) is 11.8. The molecule has 1 atom stereocenters. The maximum absolute atomic E-state index is 8.84. The molecule has 5 nitrogen and oxygen atoms in total. The highest BCUT2D eigenvalue weighted by atomic mass is 16.4. The summed E-state index contributed by atoms with van der Waals surface area (Å²) in [6.45, 7) is 4.20. The number of amidine groups is 1. The van der Waals surface area contributed by atoms with Crippen molar-refractivity contribution in [1.82, 2.24) is 9.55 Å². The summed E-state index contributed by atoms with van der Waals surface area (Å²) < 4.78 is 2.10. The third-order valence-electron chi connectivity index (χ3n) is 3.27. The first-order valence-corrected chi connectivity index (χ1v) is 6.67. The monoisotopic (exact) mass is 272 g/mol. The molecule has 0 spiro atoms. The van der Waals surface area contributed by atoms with Crippen LogP contribution in [0.1, 0.15) is 43.6 Å². The van der Waals surface area contributed by atoms with E-state index in [2.05, 4.69) is 28.6 Å². The third-order valence-corrected chi connectivity index (χ3v) is 3.27. The van der Waals surface area contributed by atoms with E-state index in [1.54, 1.807) is 6.20 Å². The number of nitrogens with zero attached hydrogens (tertiary/aromatic N) is 3. The van der Waals surface area contributed by atoms with E-state index in [4.69, 9.17) is 10.9 Å². The minimum absolute atomic E-state index is 0.0213. The summed E-state index contributed by atoms with van der Waals surface area (Å²) in [5.41, 5.74) is 6.82. The van der Waals surface area contributed by atoms with E-state index < -0.39 is 0 Å². The van der Waals surface area contributed by atoms with Crippen LogP contribution in [-0.2, 0) is 0 Å². The Bertz CT molecular complexity index is 575. The molecule has 20 heavy (non-hydrogen) atoms. The van der Waals surface area contributed by atoms with Crippen molar-refractivity contribution in [3.8, 4) is 0 Å². The van der Waals surface area contributed by atoms with E-state index in [0.29, 0.717) is 12.3 Å². The van der Waals surface area contributed by atoms with Gasteiger partial charge in [-0.3, -0.25) is 0 Å². The van der Waals surface area contributed by atoms with E-state index in [0.717, 1.165) is 11.4 Å². The predicted octanol–water partition coefficient (Wildman–Crippen LogP) is 2.73. The van der Waals surface area contributed by atoms with Gasteiger partial charge >= 0.3 is 0 Å². The van der Waals surface area contributed by atoms with Gasteiger partial charge in [0.15, 0.2) is 0 Å². The Hall–Kier alpha value is -2.30.